The molecule has 0 saturated heterocycles. The average molecular weight is 432 g/mol. The largest absolute Gasteiger partial charge is 0.411 e. The third-order valence-corrected chi connectivity index (χ3v) is 5.13. The molecule has 0 aliphatic rings. The molecule has 4 rings (SSSR count). The summed E-state index contributed by atoms with van der Waals surface area (Å²) < 4.78 is 5.51. The Hall–Kier alpha value is -3.98. The number of nitrogens with zero attached hydrogens (tertiary/aromatic N) is 3. The zero-order chi connectivity index (χ0) is 21.6. The minimum absolute atomic E-state index is 0.0671. The van der Waals surface area contributed by atoms with Crippen LogP contribution < -0.4 is 5.32 Å². The molecule has 0 atom stereocenters. The average Bonchev–Trinajstić information content (AvgIpc) is 3.28. The van der Waals surface area contributed by atoms with Crippen molar-refractivity contribution in [2.75, 3.05) is 11.1 Å². The summed E-state index contributed by atoms with van der Waals surface area (Å²) in [5.41, 5.74) is 3.23. The first kappa shape index (κ1) is 20.3. The van der Waals surface area contributed by atoms with E-state index in [0.717, 1.165) is 22.9 Å². The fourth-order valence-corrected chi connectivity index (χ4v) is 3.40. The Bertz CT molecular complexity index is 1210. The molecule has 0 fully saturated rings. The molecular weight excluding hydrogens is 416 g/mol. The zero-order valence-corrected chi connectivity index (χ0v) is 16.9. The molecule has 0 aliphatic heterocycles. The first-order chi connectivity index (χ1) is 15.1. The van der Waals surface area contributed by atoms with Crippen LogP contribution in [0, 0.1) is 10.1 Å². The van der Waals surface area contributed by atoms with E-state index in [2.05, 4.69) is 15.5 Å². The number of benzene rings is 3. The monoisotopic (exact) mass is 432 g/mol. The molecule has 31 heavy (non-hydrogen) atoms. The number of aromatic nitrogens is 2. The zero-order valence-electron chi connectivity index (χ0n) is 16.1. The lowest BCUT2D eigenvalue weighted by molar-refractivity contribution is -0.384. The lowest BCUT2D eigenvalue weighted by atomic mass is 10.1. The van der Waals surface area contributed by atoms with E-state index in [-0.39, 0.29) is 28.5 Å². The number of nitro benzene ring substituents is 1. The number of hydrogen-bond donors (Lipinski definition) is 1. The number of nitrogens with one attached hydrogen (secondary N) is 1. The van der Waals surface area contributed by atoms with Gasteiger partial charge < -0.3 is 9.73 Å². The molecule has 0 spiro atoms. The van der Waals surface area contributed by atoms with Gasteiger partial charge in [0.05, 0.1) is 10.7 Å². The molecule has 1 heterocycles. The molecule has 0 aliphatic carbocycles. The van der Waals surface area contributed by atoms with Gasteiger partial charge in [0.2, 0.25) is 11.8 Å². The summed E-state index contributed by atoms with van der Waals surface area (Å²) in [6.45, 7) is 0. The molecule has 0 radical (unpaired) electrons. The van der Waals surface area contributed by atoms with Crippen LogP contribution in [0.5, 0.6) is 0 Å². The fraction of sp³-hybridized carbons (Fsp3) is 0.0455. The van der Waals surface area contributed by atoms with Gasteiger partial charge in [0, 0.05) is 23.4 Å². The minimum Gasteiger partial charge on any atom is -0.411 e. The van der Waals surface area contributed by atoms with E-state index < -0.39 is 4.92 Å². The number of carbonyl (C=O) groups is 1. The molecule has 0 bridgehead atoms. The maximum Gasteiger partial charge on any atom is 0.277 e. The number of non-ortho nitro benzene ring substituents is 1. The second-order valence-electron chi connectivity index (χ2n) is 6.46. The first-order valence-corrected chi connectivity index (χ1v) is 10.2. The summed E-state index contributed by atoms with van der Waals surface area (Å²) in [6.07, 6.45) is 0. The van der Waals surface area contributed by atoms with Crippen molar-refractivity contribution in [3.05, 3.63) is 89.0 Å². The number of amides is 1. The lowest BCUT2D eigenvalue weighted by Crippen LogP contribution is -2.13. The van der Waals surface area contributed by atoms with Crippen LogP contribution in [-0.4, -0.2) is 26.8 Å². The third kappa shape index (κ3) is 5.14. The van der Waals surface area contributed by atoms with Gasteiger partial charge >= 0.3 is 0 Å². The maximum atomic E-state index is 12.2. The van der Waals surface area contributed by atoms with Gasteiger partial charge in [0.25, 0.3) is 10.9 Å². The number of carbonyl (C=O) groups excluding carboxylic acids is 1. The van der Waals surface area contributed by atoms with Crippen LogP contribution in [0.1, 0.15) is 0 Å². The fourth-order valence-electron chi connectivity index (χ4n) is 2.84. The second-order valence-corrected chi connectivity index (χ2v) is 7.39. The molecule has 0 unspecified atom stereocenters. The van der Waals surface area contributed by atoms with E-state index in [1.54, 1.807) is 12.1 Å². The van der Waals surface area contributed by atoms with Crippen LogP contribution >= 0.6 is 11.8 Å². The van der Waals surface area contributed by atoms with Crippen molar-refractivity contribution in [2.24, 2.45) is 0 Å². The Kier molecular flexibility index (Phi) is 6.04. The smallest absolute Gasteiger partial charge is 0.277 e. The van der Waals surface area contributed by atoms with Gasteiger partial charge in [-0.15, -0.1) is 10.2 Å². The van der Waals surface area contributed by atoms with Gasteiger partial charge in [-0.05, 0) is 29.3 Å². The van der Waals surface area contributed by atoms with Crippen molar-refractivity contribution in [1.82, 2.24) is 10.2 Å². The molecule has 8 nitrogen and oxygen atoms in total. The maximum absolute atomic E-state index is 12.2. The summed E-state index contributed by atoms with van der Waals surface area (Å²) in [6, 6.07) is 23.5. The summed E-state index contributed by atoms with van der Waals surface area (Å²) in [5, 5.41) is 21.7. The Morgan fingerprint density at radius 2 is 1.65 bits per heavy atom. The van der Waals surface area contributed by atoms with E-state index >= 15 is 0 Å². The Balaban J connectivity index is 1.33. The van der Waals surface area contributed by atoms with Gasteiger partial charge in [-0.1, -0.05) is 60.3 Å². The van der Waals surface area contributed by atoms with Crippen LogP contribution in [0.2, 0.25) is 0 Å². The molecule has 1 N–H and O–H groups in total. The van der Waals surface area contributed by atoms with Gasteiger partial charge in [-0.3, -0.25) is 14.9 Å². The van der Waals surface area contributed by atoms with Gasteiger partial charge in [0.15, 0.2) is 0 Å². The molecule has 154 valence electrons. The van der Waals surface area contributed by atoms with Crippen LogP contribution in [0.25, 0.3) is 22.6 Å². The summed E-state index contributed by atoms with van der Waals surface area (Å²) in [7, 11) is 0. The van der Waals surface area contributed by atoms with Crippen LogP contribution in [0.4, 0.5) is 11.4 Å². The third-order valence-electron chi connectivity index (χ3n) is 4.31. The van der Waals surface area contributed by atoms with Crippen molar-refractivity contribution in [1.29, 1.82) is 0 Å². The van der Waals surface area contributed by atoms with Crippen LogP contribution in [0.15, 0.2) is 88.5 Å². The van der Waals surface area contributed by atoms with E-state index in [1.165, 1.54) is 12.1 Å². The van der Waals surface area contributed by atoms with E-state index in [4.69, 9.17) is 4.42 Å². The number of anilines is 1. The number of rotatable bonds is 7. The van der Waals surface area contributed by atoms with Crippen molar-refractivity contribution in [2.45, 2.75) is 5.22 Å². The van der Waals surface area contributed by atoms with Crippen molar-refractivity contribution in [3.63, 3.8) is 0 Å². The van der Waals surface area contributed by atoms with Crippen LogP contribution in [-0.2, 0) is 4.79 Å². The summed E-state index contributed by atoms with van der Waals surface area (Å²) in [5.74, 6) is 0.0208. The van der Waals surface area contributed by atoms with Gasteiger partial charge in [0.1, 0.15) is 0 Å². The second kappa shape index (κ2) is 9.23. The molecule has 3 aromatic carbocycles. The lowest BCUT2D eigenvalue weighted by Gasteiger charge is -2.06. The SMILES string of the molecule is O=C(CSc1nnc(-c2cccc([N+](=O)[O-])c2)o1)Nc1ccc(-c2ccccc2)cc1. The first-order valence-electron chi connectivity index (χ1n) is 9.25. The molecular formula is C22H16N4O4S. The van der Waals surface area contributed by atoms with Gasteiger partial charge in [-0.2, -0.15) is 0 Å². The van der Waals surface area contributed by atoms with E-state index in [0.29, 0.717) is 11.3 Å². The topological polar surface area (TPSA) is 111 Å². The highest BCUT2D eigenvalue weighted by Gasteiger charge is 2.14. The quantitative estimate of drug-likeness (QED) is 0.247. The summed E-state index contributed by atoms with van der Waals surface area (Å²) in [4.78, 5) is 22.6. The molecule has 9 heteroatoms. The van der Waals surface area contributed by atoms with Crippen molar-refractivity contribution >= 4 is 29.0 Å². The highest BCUT2D eigenvalue weighted by Crippen LogP contribution is 2.26. The Morgan fingerprint density at radius 3 is 2.39 bits per heavy atom. The Morgan fingerprint density at radius 1 is 0.935 bits per heavy atom. The normalized spacial score (nSPS) is 10.6. The van der Waals surface area contributed by atoms with Crippen molar-refractivity contribution < 1.29 is 14.1 Å². The van der Waals surface area contributed by atoms with Crippen LogP contribution in [0.3, 0.4) is 0 Å². The Labute approximate surface area is 181 Å². The van der Waals surface area contributed by atoms with Crippen molar-refractivity contribution in [3.8, 4) is 22.6 Å². The number of hydrogen-bond acceptors (Lipinski definition) is 7. The predicted molar refractivity (Wildman–Crippen MR) is 118 cm³/mol. The summed E-state index contributed by atoms with van der Waals surface area (Å²) >= 11 is 1.09. The standard InChI is InChI=1S/C22H16N4O4S/c27-20(23-18-11-9-16(10-12-18)15-5-2-1-3-6-15)14-31-22-25-24-21(30-22)17-7-4-8-19(13-17)26(28)29/h1-13H,14H2,(H,23,27). The molecule has 1 amide bonds. The van der Waals surface area contributed by atoms with E-state index in [9.17, 15) is 14.9 Å². The number of nitro groups is 1. The predicted octanol–water partition coefficient (Wildman–Crippen LogP) is 5.04. The highest BCUT2D eigenvalue weighted by molar-refractivity contribution is 7.99. The molecule has 0 saturated carbocycles. The molecule has 1 aromatic heterocycles. The van der Waals surface area contributed by atoms with Gasteiger partial charge in [-0.25, -0.2) is 0 Å². The minimum atomic E-state index is -0.494. The number of thioether (sulfide) groups is 1. The van der Waals surface area contributed by atoms with E-state index in [1.807, 2.05) is 54.6 Å². The highest BCUT2D eigenvalue weighted by atomic mass is 32.2. The molecule has 4 aromatic rings.